The van der Waals surface area contributed by atoms with E-state index in [1.807, 2.05) is 6.92 Å². The molecule has 0 radical (unpaired) electrons. The summed E-state index contributed by atoms with van der Waals surface area (Å²) in [5.74, 6) is -0.298. The molecule has 1 amide bonds. The van der Waals surface area contributed by atoms with Crippen molar-refractivity contribution in [2.45, 2.75) is 31.2 Å². The predicted octanol–water partition coefficient (Wildman–Crippen LogP) is 2.65. The van der Waals surface area contributed by atoms with Gasteiger partial charge in [0.15, 0.2) is 9.84 Å². The Morgan fingerprint density at radius 1 is 1.00 bits per heavy atom. The Hall–Kier alpha value is -2.39. The van der Waals surface area contributed by atoms with Crippen LogP contribution in [0.3, 0.4) is 0 Å². The number of sulfone groups is 1. The molecule has 9 heteroatoms. The van der Waals surface area contributed by atoms with Crippen molar-refractivity contribution in [2.75, 3.05) is 17.2 Å². The molecule has 0 heterocycles. The predicted molar refractivity (Wildman–Crippen MR) is 110 cm³/mol. The molecule has 2 N–H and O–H groups in total. The van der Waals surface area contributed by atoms with Crippen molar-refractivity contribution in [2.24, 2.45) is 0 Å². The number of hydrogen-bond acceptors (Lipinski definition) is 5. The summed E-state index contributed by atoms with van der Waals surface area (Å²) in [7, 11) is -6.68. The smallest absolute Gasteiger partial charge is 0.251 e. The molecule has 0 aliphatic carbocycles. The molecule has 0 saturated heterocycles. The molecule has 0 bridgehead atoms. The lowest BCUT2D eigenvalue weighted by atomic mass is 10.0. The molecule has 2 aromatic rings. The van der Waals surface area contributed by atoms with Crippen LogP contribution in [-0.4, -0.2) is 35.3 Å². The van der Waals surface area contributed by atoms with Gasteiger partial charge in [0, 0.05) is 11.8 Å². The summed E-state index contributed by atoms with van der Waals surface area (Å²) in [6.07, 6.45) is 2.83. The SMILES string of the molecule is CCC(NC(=O)c1ccc(NS(C)(=O)=O)c(C)c1)c1ccc(S(C)(=O)=O)cc1. The average Bonchev–Trinajstić information content (AvgIpc) is 2.59. The van der Waals surface area contributed by atoms with Crippen LogP contribution in [0.2, 0.25) is 0 Å². The van der Waals surface area contributed by atoms with Crippen LogP contribution in [0.15, 0.2) is 47.4 Å². The van der Waals surface area contributed by atoms with Crippen LogP contribution >= 0.6 is 0 Å². The van der Waals surface area contributed by atoms with E-state index in [0.717, 1.165) is 18.1 Å². The molecule has 1 atom stereocenters. The van der Waals surface area contributed by atoms with E-state index in [1.165, 1.54) is 12.1 Å². The third-order valence-electron chi connectivity index (χ3n) is 4.21. The lowest BCUT2D eigenvalue weighted by Crippen LogP contribution is -2.28. The molecule has 0 aromatic heterocycles. The zero-order valence-electron chi connectivity index (χ0n) is 16.2. The number of amides is 1. The molecule has 2 rings (SSSR count). The number of carbonyl (C=O) groups excluding carboxylic acids is 1. The van der Waals surface area contributed by atoms with Crippen molar-refractivity contribution in [3.05, 3.63) is 59.2 Å². The zero-order valence-corrected chi connectivity index (χ0v) is 17.8. The van der Waals surface area contributed by atoms with Crippen LogP contribution in [0.1, 0.15) is 40.9 Å². The van der Waals surface area contributed by atoms with Gasteiger partial charge in [-0.25, -0.2) is 16.8 Å². The minimum absolute atomic E-state index is 0.224. The maximum absolute atomic E-state index is 12.6. The fourth-order valence-corrected chi connectivity index (χ4v) is 3.99. The number of sulfonamides is 1. The third kappa shape index (κ3) is 5.80. The molecule has 1 unspecified atom stereocenters. The summed E-state index contributed by atoms with van der Waals surface area (Å²) in [6.45, 7) is 3.63. The molecule has 0 spiro atoms. The van der Waals surface area contributed by atoms with Crippen molar-refractivity contribution in [1.29, 1.82) is 0 Å². The number of nitrogens with one attached hydrogen (secondary N) is 2. The lowest BCUT2D eigenvalue weighted by Gasteiger charge is -2.18. The second-order valence-electron chi connectivity index (χ2n) is 6.68. The molecule has 2 aromatic carbocycles. The maximum Gasteiger partial charge on any atom is 0.251 e. The summed E-state index contributed by atoms with van der Waals surface area (Å²) in [4.78, 5) is 12.8. The van der Waals surface area contributed by atoms with Gasteiger partial charge in [-0.05, 0) is 54.8 Å². The molecule has 0 aliphatic heterocycles. The summed E-state index contributed by atoms with van der Waals surface area (Å²) in [5.41, 5.74) is 2.25. The van der Waals surface area contributed by atoms with Gasteiger partial charge >= 0.3 is 0 Å². The van der Waals surface area contributed by atoms with E-state index in [-0.39, 0.29) is 16.8 Å². The highest BCUT2D eigenvalue weighted by molar-refractivity contribution is 7.92. The zero-order chi connectivity index (χ0) is 21.1. The van der Waals surface area contributed by atoms with Gasteiger partial charge in [0.25, 0.3) is 5.91 Å². The van der Waals surface area contributed by atoms with Crippen molar-refractivity contribution in [3.8, 4) is 0 Å². The average molecular weight is 425 g/mol. The molecule has 0 aliphatic rings. The van der Waals surface area contributed by atoms with Crippen LogP contribution in [0.5, 0.6) is 0 Å². The fourth-order valence-electron chi connectivity index (χ4n) is 2.73. The highest BCUT2D eigenvalue weighted by Crippen LogP contribution is 2.21. The van der Waals surface area contributed by atoms with Crippen LogP contribution in [-0.2, 0) is 19.9 Å². The summed E-state index contributed by atoms with van der Waals surface area (Å²) in [6, 6.07) is 10.9. The van der Waals surface area contributed by atoms with Crippen molar-refractivity contribution < 1.29 is 21.6 Å². The van der Waals surface area contributed by atoms with Crippen LogP contribution < -0.4 is 10.0 Å². The first kappa shape index (κ1) is 21.9. The molecule has 0 fully saturated rings. The lowest BCUT2D eigenvalue weighted by molar-refractivity contribution is 0.0935. The number of benzene rings is 2. The summed E-state index contributed by atoms with van der Waals surface area (Å²) >= 11 is 0. The van der Waals surface area contributed by atoms with Gasteiger partial charge in [0.05, 0.1) is 22.9 Å². The summed E-state index contributed by atoms with van der Waals surface area (Å²) in [5, 5.41) is 2.93. The Morgan fingerprint density at radius 2 is 1.61 bits per heavy atom. The second-order valence-corrected chi connectivity index (χ2v) is 10.4. The minimum atomic E-state index is -3.40. The fraction of sp³-hybridized carbons (Fsp3) is 0.316. The topological polar surface area (TPSA) is 109 Å². The van der Waals surface area contributed by atoms with Crippen molar-refractivity contribution in [1.82, 2.24) is 5.32 Å². The Kier molecular flexibility index (Phi) is 6.51. The quantitative estimate of drug-likeness (QED) is 0.710. The Bertz CT molecular complexity index is 1080. The van der Waals surface area contributed by atoms with Gasteiger partial charge in [-0.2, -0.15) is 0 Å². The van der Waals surface area contributed by atoms with E-state index >= 15 is 0 Å². The first-order valence-corrected chi connectivity index (χ1v) is 12.4. The highest BCUT2D eigenvalue weighted by atomic mass is 32.2. The minimum Gasteiger partial charge on any atom is -0.345 e. The normalized spacial score (nSPS) is 13.0. The standard InChI is InChI=1S/C19H24N2O5S2/c1-5-17(14-6-9-16(10-7-14)27(3,23)24)20-19(22)15-8-11-18(13(2)12-15)21-28(4,25)26/h6-12,17,21H,5H2,1-4H3,(H,20,22). The molecular formula is C19H24N2O5S2. The van der Waals surface area contributed by atoms with Crippen LogP contribution in [0.25, 0.3) is 0 Å². The molecule has 0 saturated carbocycles. The van der Waals surface area contributed by atoms with Gasteiger partial charge in [-0.3, -0.25) is 9.52 Å². The maximum atomic E-state index is 12.6. The number of anilines is 1. The molecule has 152 valence electrons. The largest absolute Gasteiger partial charge is 0.345 e. The van der Waals surface area contributed by atoms with Gasteiger partial charge in [-0.1, -0.05) is 19.1 Å². The Labute approximate surface area is 166 Å². The van der Waals surface area contributed by atoms with E-state index in [4.69, 9.17) is 0 Å². The van der Waals surface area contributed by atoms with E-state index in [0.29, 0.717) is 23.2 Å². The number of rotatable bonds is 7. The first-order chi connectivity index (χ1) is 12.9. The Balaban J connectivity index is 2.19. The van der Waals surface area contributed by atoms with Gasteiger partial charge in [0.1, 0.15) is 0 Å². The van der Waals surface area contributed by atoms with Gasteiger partial charge < -0.3 is 5.32 Å². The van der Waals surface area contributed by atoms with Crippen LogP contribution in [0.4, 0.5) is 5.69 Å². The van der Waals surface area contributed by atoms with Gasteiger partial charge in [0.2, 0.25) is 10.0 Å². The van der Waals surface area contributed by atoms with E-state index in [1.54, 1.807) is 37.3 Å². The monoisotopic (exact) mass is 424 g/mol. The van der Waals surface area contributed by atoms with E-state index in [2.05, 4.69) is 10.0 Å². The summed E-state index contributed by atoms with van der Waals surface area (Å²) < 4.78 is 48.3. The van der Waals surface area contributed by atoms with Crippen molar-refractivity contribution in [3.63, 3.8) is 0 Å². The highest BCUT2D eigenvalue weighted by Gasteiger charge is 2.16. The number of hydrogen-bond donors (Lipinski definition) is 2. The first-order valence-electron chi connectivity index (χ1n) is 8.60. The molecule has 7 nitrogen and oxygen atoms in total. The third-order valence-corrected chi connectivity index (χ3v) is 5.93. The van der Waals surface area contributed by atoms with Crippen LogP contribution in [0, 0.1) is 6.92 Å². The number of carbonyl (C=O) groups is 1. The van der Waals surface area contributed by atoms with E-state index in [9.17, 15) is 21.6 Å². The second kappa shape index (κ2) is 8.32. The molecule has 28 heavy (non-hydrogen) atoms. The van der Waals surface area contributed by atoms with Crippen molar-refractivity contribution >= 4 is 31.5 Å². The molecular weight excluding hydrogens is 400 g/mol. The Morgan fingerprint density at radius 3 is 2.07 bits per heavy atom. The van der Waals surface area contributed by atoms with Gasteiger partial charge in [-0.15, -0.1) is 0 Å². The number of aryl methyl sites for hydroxylation is 1. The van der Waals surface area contributed by atoms with E-state index < -0.39 is 19.9 Å².